The highest BCUT2D eigenvalue weighted by molar-refractivity contribution is 5.88. The Morgan fingerprint density at radius 1 is 1.35 bits per heavy atom. The molecular formula is C16H28N2O5. The standard InChI is InChI=1S/C16H28N2O5/c1-15(2,3)23-14(21)18-11-16(5-9-22-10-6-16)12(18)13(20)17(4)7-8-19/h12,19H,5-11H2,1-4H3. The molecule has 2 saturated heterocycles. The van der Waals surface area contributed by atoms with Crippen molar-refractivity contribution in [3.63, 3.8) is 0 Å². The fraction of sp³-hybridized carbons (Fsp3) is 0.875. The van der Waals surface area contributed by atoms with Gasteiger partial charge in [-0.1, -0.05) is 0 Å². The molecule has 2 heterocycles. The topological polar surface area (TPSA) is 79.3 Å². The molecule has 2 aliphatic heterocycles. The number of likely N-dealkylation sites (N-methyl/N-ethyl adjacent to an activating group) is 1. The summed E-state index contributed by atoms with van der Waals surface area (Å²) in [6.07, 6.45) is 1.07. The first-order valence-corrected chi connectivity index (χ1v) is 8.13. The number of carbonyl (C=O) groups is 2. The van der Waals surface area contributed by atoms with Gasteiger partial charge in [-0.2, -0.15) is 0 Å². The summed E-state index contributed by atoms with van der Waals surface area (Å²) in [6.45, 7) is 7.32. The van der Waals surface area contributed by atoms with E-state index in [1.807, 2.05) is 20.8 Å². The van der Waals surface area contributed by atoms with Crippen LogP contribution in [-0.2, 0) is 14.3 Å². The molecule has 0 radical (unpaired) electrons. The van der Waals surface area contributed by atoms with Gasteiger partial charge in [0.05, 0.1) is 6.61 Å². The van der Waals surface area contributed by atoms with Gasteiger partial charge in [0, 0.05) is 38.8 Å². The maximum Gasteiger partial charge on any atom is 0.411 e. The Morgan fingerprint density at radius 2 is 1.96 bits per heavy atom. The molecule has 1 N–H and O–H groups in total. The van der Waals surface area contributed by atoms with Crippen LogP contribution >= 0.6 is 0 Å². The van der Waals surface area contributed by atoms with E-state index in [2.05, 4.69) is 0 Å². The Hall–Kier alpha value is -1.34. The number of rotatable bonds is 3. The zero-order valence-electron chi connectivity index (χ0n) is 14.5. The lowest BCUT2D eigenvalue weighted by molar-refractivity contribution is -0.167. The van der Waals surface area contributed by atoms with E-state index in [4.69, 9.17) is 14.6 Å². The van der Waals surface area contributed by atoms with Crippen LogP contribution in [0, 0.1) is 5.41 Å². The van der Waals surface area contributed by atoms with Gasteiger partial charge in [-0.05, 0) is 33.6 Å². The molecule has 0 bridgehead atoms. The average molecular weight is 328 g/mol. The smallest absolute Gasteiger partial charge is 0.411 e. The molecular weight excluding hydrogens is 300 g/mol. The maximum absolute atomic E-state index is 12.8. The quantitative estimate of drug-likeness (QED) is 0.831. The number of nitrogens with zero attached hydrogens (tertiary/aromatic N) is 2. The van der Waals surface area contributed by atoms with Crippen molar-refractivity contribution in [1.82, 2.24) is 9.80 Å². The number of hydrogen-bond acceptors (Lipinski definition) is 5. The van der Waals surface area contributed by atoms with E-state index in [0.717, 1.165) is 12.8 Å². The monoisotopic (exact) mass is 328 g/mol. The Labute approximate surface area is 137 Å². The number of aliphatic hydroxyl groups is 1. The highest BCUT2D eigenvalue weighted by Gasteiger charge is 2.59. The molecule has 7 nitrogen and oxygen atoms in total. The number of hydrogen-bond donors (Lipinski definition) is 1. The van der Waals surface area contributed by atoms with Crippen LogP contribution in [0.3, 0.4) is 0 Å². The number of likely N-dealkylation sites (tertiary alicyclic amines) is 1. The second kappa shape index (κ2) is 6.65. The molecule has 0 aliphatic carbocycles. The number of aliphatic hydroxyl groups excluding tert-OH is 1. The molecule has 2 aliphatic rings. The van der Waals surface area contributed by atoms with Gasteiger partial charge in [0.2, 0.25) is 5.91 Å². The van der Waals surface area contributed by atoms with Gasteiger partial charge in [0.1, 0.15) is 11.6 Å². The van der Waals surface area contributed by atoms with Crippen LogP contribution in [0.4, 0.5) is 4.79 Å². The van der Waals surface area contributed by atoms with Crippen molar-refractivity contribution in [3.05, 3.63) is 0 Å². The third-order valence-corrected chi connectivity index (χ3v) is 4.54. The first-order chi connectivity index (χ1) is 10.7. The predicted octanol–water partition coefficient (Wildman–Crippen LogP) is 0.853. The lowest BCUT2D eigenvalue weighted by atomic mass is 9.66. The van der Waals surface area contributed by atoms with Gasteiger partial charge in [0.15, 0.2) is 0 Å². The Bertz CT molecular complexity index is 454. The average Bonchev–Trinajstić information content (AvgIpc) is 2.44. The summed E-state index contributed by atoms with van der Waals surface area (Å²) >= 11 is 0. The summed E-state index contributed by atoms with van der Waals surface area (Å²) in [5.74, 6) is -0.141. The molecule has 0 aromatic rings. The summed E-state index contributed by atoms with van der Waals surface area (Å²) in [5.41, 5.74) is -0.823. The zero-order valence-corrected chi connectivity index (χ0v) is 14.5. The lowest BCUT2D eigenvalue weighted by Gasteiger charge is -2.58. The maximum atomic E-state index is 12.8. The van der Waals surface area contributed by atoms with Crippen LogP contribution in [0.25, 0.3) is 0 Å². The van der Waals surface area contributed by atoms with Crippen LogP contribution in [0.15, 0.2) is 0 Å². The molecule has 7 heteroatoms. The van der Waals surface area contributed by atoms with Crippen molar-refractivity contribution in [2.75, 3.05) is 40.0 Å². The highest BCUT2D eigenvalue weighted by atomic mass is 16.6. The normalized spacial score (nSPS) is 23.3. The van der Waals surface area contributed by atoms with E-state index in [0.29, 0.717) is 19.8 Å². The highest BCUT2D eigenvalue weighted by Crippen LogP contribution is 2.47. The molecule has 2 amide bonds. The Balaban J connectivity index is 2.16. The molecule has 23 heavy (non-hydrogen) atoms. The lowest BCUT2D eigenvalue weighted by Crippen LogP contribution is -2.72. The summed E-state index contributed by atoms with van der Waals surface area (Å²) < 4.78 is 10.8. The van der Waals surface area contributed by atoms with Crippen LogP contribution in [0.2, 0.25) is 0 Å². The number of ether oxygens (including phenoxy) is 2. The van der Waals surface area contributed by atoms with Gasteiger partial charge in [-0.15, -0.1) is 0 Å². The molecule has 1 atom stereocenters. The third-order valence-electron chi connectivity index (χ3n) is 4.54. The van der Waals surface area contributed by atoms with Crippen molar-refractivity contribution in [2.24, 2.45) is 5.41 Å². The van der Waals surface area contributed by atoms with E-state index in [9.17, 15) is 9.59 Å². The van der Waals surface area contributed by atoms with E-state index < -0.39 is 17.7 Å². The Morgan fingerprint density at radius 3 is 2.48 bits per heavy atom. The Kier molecular flexibility index (Phi) is 5.20. The van der Waals surface area contributed by atoms with Gasteiger partial charge in [0.25, 0.3) is 0 Å². The summed E-state index contributed by atoms with van der Waals surface area (Å²) in [5, 5.41) is 9.07. The minimum absolute atomic E-state index is 0.0997. The van der Waals surface area contributed by atoms with E-state index in [1.165, 1.54) is 9.80 Å². The van der Waals surface area contributed by atoms with Crippen molar-refractivity contribution in [3.8, 4) is 0 Å². The van der Waals surface area contributed by atoms with E-state index >= 15 is 0 Å². The summed E-state index contributed by atoms with van der Waals surface area (Å²) in [6, 6.07) is -0.530. The zero-order chi connectivity index (χ0) is 17.3. The van der Waals surface area contributed by atoms with Gasteiger partial charge in [-0.25, -0.2) is 4.79 Å². The molecule has 1 unspecified atom stereocenters. The second-order valence-corrected chi connectivity index (χ2v) is 7.47. The fourth-order valence-corrected chi connectivity index (χ4v) is 3.30. The molecule has 2 fully saturated rings. The van der Waals surface area contributed by atoms with E-state index in [-0.39, 0.29) is 24.5 Å². The number of carbonyl (C=O) groups excluding carboxylic acids is 2. The predicted molar refractivity (Wildman–Crippen MR) is 83.9 cm³/mol. The SMILES string of the molecule is CN(CCO)C(=O)C1N(C(=O)OC(C)(C)C)CC12CCOCC2. The van der Waals surface area contributed by atoms with Crippen LogP contribution in [0.5, 0.6) is 0 Å². The van der Waals surface area contributed by atoms with Crippen molar-refractivity contribution in [2.45, 2.75) is 45.3 Å². The van der Waals surface area contributed by atoms with Crippen LogP contribution in [0.1, 0.15) is 33.6 Å². The first-order valence-electron chi connectivity index (χ1n) is 8.13. The largest absolute Gasteiger partial charge is 0.444 e. The minimum Gasteiger partial charge on any atom is -0.444 e. The van der Waals surface area contributed by atoms with E-state index in [1.54, 1.807) is 7.05 Å². The summed E-state index contributed by atoms with van der Waals surface area (Å²) in [7, 11) is 1.65. The van der Waals surface area contributed by atoms with Crippen molar-refractivity contribution in [1.29, 1.82) is 0 Å². The molecule has 2 rings (SSSR count). The van der Waals surface area contributed by atoms with Gasteiger partial charge < -0.3 is 19.5 Å². The number of amides is 2. The molecule has 132 valence electrons. The van der Waals surface area contributed by atoms with Crippen LogP contribution in [-0.4, -0.2) is 78.5 Å². The molecule has 0 aromatic heterocycles. The van der Waals surface area contributed by atoms with Crippen molar-refractivity contribution >= 4 is 12.0 Å². The third kappa shape index (κ3) is 3.77. The van der Waals surface area contributed by atoms with Crippen molar-refractivity contribution < 1.29 is 24.2 Å². The molecule has 0 aromatic carbocycles. The van der Waals surface area contributed by atoms with Gasteiger partial charge in [-0.3, -0.25) is 9.69 Å². The molecule has 1 spiro atoms. The molecule has 0 saturated carbocycles. The van der Waals surface area contributed by atoms with Crippen LogP contribution < -0.4 is 0 Å². The minimum atomic E-state index is -0.597. The summed E-state index contributed by atoms with van der Waals surface area (Å²) in [4.78, 5) is 28.2. The second-order valence-electron chi connectivity index (χ2n) is 7.47. The van der Waals surface area contributed by atoms with Gasteiger partial charge >= 0.3 is 6.09 Å². The fourth-order valence-electron chi connectivity index (χ4n) is 3.30. The first kappa shape index (κ1) is 18.0.